The summed E-state index contributed by atoms with van der Waals surface area (Å²) in [5, 5.41) is 0.736. The van der Waals surface area contributed by atoms with Crippen LogP contribution in [0.5, 0.6) is 23.0 Å². The van der Waals surface area contributed by atoms with Crippen LogP contribution in [0.2, 0.25) is 0 Å². The molecule has 6 rings (SSSR count). The summed E-state index contributed by atoms with van der Waals surface area (Å²) in [6.45, 7) is 0. The fraction of sp³-hybridized carbons (Fsp3) is 0.192. The van der Waals surface area contributed by atoms with E-state index < -0.39 is 5.79 Å². The van der Waals surface area contributed by atoms with E-state index in [1.807, 2.05) is 60.7 Å². The van der Waals surface area contributed by atoms with Gasteiger partial charge in [0.15, 0.2) is 11.5 Å². The van der Waals surface area contributed by atoms with Crippen molar-refractivity contribution < 1.29 is 23.4 Å². The lowest BCUT2D eigenvalue weighted by atomic mass is 9.78. The third-order valence-corrected chi connectivity index (χ3v) is 6.28. The Morgan fingerprint density at radius 2 is 1.69 bits per heavy atom. The Morgan fingerprint density at radius 1 is 0.906 bits per heavy atom. The molecule has 2 aliphatic heterocycles. The van der Waals surface area contributed by atoms with Crippen LogP contribution in [0.4, 0.5) is 0 Å². The number of ether oxygens (including phenoxy) is 4. The topological polar surface area (TPSA) is 67.1 Å². The van der Waals surface area contributed by atoms with E-state index in [0.717, 1.165) is 16.5 Å². The number of hydrogen-bond donors (Lipinski definition) is 0. The molecule has 3 aromatic carbocycles. The summed E-state index contributed by atoms with van der Waals surface area (Å²) in [6, 6.07) is 20.7. The van der Waals surface area contributed by atoms with Crippen LogP contribution < -0.4 is 24.6 Å². The van der Waals surface area contributed by atoms with Crippen LogP contribution in [0.3, 0.4) is 0 Å². The van der Waals surface area contributed by atoms with Crippen LogP contribution >= 0.6 is 0 Å². The second-order valence-corrected chi connectivity index (χ2v) is 7.95. The maximum atomic E-state index is 13.1. The van der Waals surface area contributed by atoms with Crippen molar-refractivity contribution in [3.8, 4) is 23.0 Å². The van der Waals surface area contributed by atoms with Crippen molar-refractivity contribution in [1.29, 1.82) is 0 Å². The Kier molecular flexibility index (Phi) is 3.99. The van der Waals surface area contributed by atoms with Crippen molar-refractivity contribution in [3.63, 3.8) is 0 Å². The molecule has 0 saturated heterocycles. The van der Waals surface area contributed by atoms with Gasteiger partial charge < -0.3 is 23.4 Å². The first-order chi connectivity index (χ1) is 15.6. The molecule has 0 spiro atoms. The summed E-state index contributed by atoms with van der Waals surface area (Å²) in [4.78, 5) is 13.1. The van der Waals surface area contributed by atoms with Gasteiger partial charge in [-0.25, -0.2) is 4.79 Å². The van der Waals surface area contributed by atoms with Gasteiger partial charge in [0.05, 0.1) is 25.2 Å². The highest BCUT2D eigenvalue weighted by Crippen LogP contribution is 2.55. The van der Waals surface area contributed by atoms with E-state index in [1.54, 1.807) is 20.3 Å². The second kappa shape index (κ2) is 6.79. The lowest BCUT2D eigenvalue weighted by Crippen LogP contribution is -2.48. The predicted octanol–water partition coefficient (Wildman–Crippen LogP) is 4.97. The molecule has 32 heavy (non-hydrogen) atoms. The molecule has 2 aliphatic rings. The van der Waals surface area contributed by atoms with E-state index in [9.17, 15) is 4.79 Å². The third kappa shape index (κ3) is 2.56. The number of benzene rings is 3. The standard InChI is InChI=1S/C26H20O6/c1-28-21-12-11-15(13-22(21)29-2)26-14-18(16-7-3-6-10-20(16)31-26)23-24(32-26)17-8-4-5-9-19(17)30-25(23)27/h3-13,18H,14H2,1-2H3/t18-,26-/m0/s1. The number of methoxy groups -OCH3 is 2. The minimum absolute atomic E-state index is 0.238. The van der Waals surface area contributed by atoms with Gasteiger partial charge in [0.2, 0.25) is 0 Å². The maximum Gasteiger partial charge on any atom is 0.343 e. The van der Waals surface area contributed by atoms with Crippen molar-refractivity contribution >= 4 is 11.0 Å². The summed E-state index contributed by atoms with van der Waals surface area (Å²) >= 11 is 0. The fourth-order valence-electron chi connectivity index (χ4n) is 4.80. The van der Waals surface area contributed by atoms with Crippen molar-refractivity contribution in [3.05, 3.63) is 93.8 Å². The van der Waals surface area contributed by atoms with Gasteiger partial charge in [0, 0.05) is 23.5 Å². The molecule has 2 atom stereocenters. The van der Waals surface area contributed by atoms with Gasteiger partial charge in [-0.3, -0.25) is 0 Å². The Hall–Kier alpha value is -3.93. The minimum atomic E-state index is -1.14. The summed E-state index contributed by atoms with van der Waals surface area (Å²) in [5.41, 5.74) is 2.33. The summed E-state index contributed by atoms with van der Waals surface area (Å²) in [6.07, 6.45) is 0.426. The Balaban J connectivity index is 1.65. The fourth-order valence-corrected chi connectivity index (χ4v) is 4.80. The van der Waals surface area contributed by atoms with Crippen molar-refractivity contribution in [2.45, 2.75) is 18.1 Å². The van der Waals surface area contributed by atoms with Gasteiger partial charge in [-0.2, -0.15) is 0 Å². The van der Waals surface area contributed by atoms with E-state index in [1.165, 1.54) is 0 Å². The normalized spacial score (nSPS) is 20.5. The van der Waals surface area contributed by atoms with Crippen molar-refractivity contribution in [1.82, 2.24) is 0 Å². The monoisotopic (exact) mass is 428 g/mol. The third-order valence-electron chi connectivity index (χ3n) is 6.28. The van der Waals surface area contributed by atoms with Crippen molar-refractivity contribution in [2.24, 2.45) is 0 Å². The molecular weight excluding hydrogens is 408 g/mol. The van der Waals surface area contributed by atoms with Crippen LogP contribution in [-0.2, 0) is 5.79 Å². The average Bonchev–Trinajstić information content (AvgIpc) is 2.83. The van der Waals surface area contributed by atoms with Crippen LogP contribution in [0.1, 0.15) is 29.0 Å². The molecule has 0 fully saturated rings. The highest BCUT2D eigenvalue weighted by molar-refractivity contribution is 5.85. The highest BCUT2D eigenvalue weighted by Gasteiger charge is 2.51. The molecule has 4 aromatic rings. The van der Waals surface area contributed by atoms with Gasteiger partial charge in [0.1, 0.15) is 17.1 Å². The zero-order chi connectivity index (χ0) is 21.9. The van der Waals surface area contributed by atoms with Gasteiger partial charge in [-0.1, -0.05) is 30.3 Å². The SMILES string of the molecule is COc1ccc([C@@]23C[C@@H](c4ccccc4O2)c2c(c4ccccc4oc2=O)O3)cc1OC. The van der Waals surface area contributed by atoms with E-state index in [0.29, 0.717) is 40.6 Å². The molecule has 1 aromatic heterocycles. The Labute approximate surface area is 183 Å². The Bertz CT molecular complexity index is 1420. The van der Waals surface area contributed by atoms with E-state index >= 15 is 0 Å². The second-order valence-electron chi connectivity index (χ2n) is 7.95. The van der Waals surface area contributed by atoms with Gasteiger partial charge in [-0.05, 0) is 36.4 Å². The molecular formula is C26H20O6. The first-order valence-electron chi connectivity index (χ1n) is 10.4. The molecule has 6 heteroatoms. The lowest BCUT2D eigenvalue weighted by Gasteiger charge is -2.46. The summed E-state index contributed by atoms with van der Waals surface area (Å²) < 4.78 is 29.8. The van der Waals surface area contributed by atoms with Crippen LogP contribution in [0, 0.1) is 0 Å². The number of rotatable bonds is 3. The van der Waals surface area contributed by atoms with Gasteiger partial charge in [0.25, 0.3) is 5.79 Å². The largest absolute Gasteiger partial charge is 0.493 e. The molecule has 2 bridgehead atoms. The summed E-state index contributed by atoms with van der Waals surface area (Å²) in [7, 11) is 3.19. The molecule has 0 amide bonds. The zero-order valence-electron chi connectivity index (χ0n) is 17.6. The molecule has 0 radical (unpaired) electrons. The predicted molar refractivity (Wildman–Crippen MR) is 118 cm³/mol. The van der Waals surface area contributed by atoms with Crippen LogP contribution in [0.15, 0.2) is 75.9 Å². The molecule has 0 aliphatic carbocycles. The average molecular weight is 428 g/mol. The molecule has 3 heterocycles. The highest BCUT2D eigenvalue weighted by atomic mass is 16.7. The van der Waals surface area contributed by atoms with Crippen LogP contribution in [-0.4, -0.2) is 14.2 Å². The zero-order valence-corrected chi connectivity index (χ0v) is 17.6. The van der Waals surface area contributed by atoms with Gasteiger partial charge in [-0.15, -0.1) is 0 Å². The van der Waals surface area contributed by atoms with Crippen molar-refractivity contribution in [2.75, 3.05) is 14.2 Å². The quantitative estimate of drug-likeness (QED) is 0.429. The molecule has 160 valence electrons. The van der Waals surface area contributed by atoms with Gasteiger partial charge >= 0.3 is 5.63 Å². The molecule has 0 saturated carbocycles. The first kappa shape index (κ1) is 18.8. The first-order valence-corrected chi connectivity index (χ1v) is 10.4. The maximum absolute atomic E-state index is 13.1. The smallest absolute Gasteiger partial charge is 0.343 e. The number of hydrogen-bond acceptors (Lipinski definition) is 6. The Morgan fingerprint density at radius 3 is 2.53 bits per heavy atom. The minimum Gasteiger partial charge on any atom is -0.493 e. The lowest BCUT2D eigenvalue weighted by molar-refractivity contribution is -0.148. The molecule has 0 N–H and O–H groups in total. The molecule has 6 nitrogen and oxygen atoms in total. The number of para-hydroxylation sites is 2. The van der Waals surface area contributed by atoms with E-state index in [-0.39, 0.29) is 11.5 Å². The van der Waals surface area contributed by atoms with E-state index in [2.05, 4.69) is 0 Å². The molecule has 0 unspecified atom stereocenters. The van der Waals surface area contributed by atoms with Crippen LogP contribution in [0.25, 0.3) is 11.0 Å². The van der Waals surface area contributed by atoms with E-state index in [4.69, 9.17) is 23.4 Å². The summed E-state index contributed by atoms with van der Waals surface area (Å²) in [5.74, 6) is 0.988. The number of fused-ring (bicyclic) bond motifs is 8.